The van der Waals surface area contributed by atoms with Crippen molar-refractivity contribution < 1.29 is 9.53 Å². The summed E-state index contributed by atoms with van der Waals surface area (Å²) >= 11 is 0. The molecule has 1 N–H and O–H groups in total. The van der Waals surface area contributed by atoms with E-state index in [2.05, 4.69) is 12.2 Å². The molecule has 0 aromatic carbocycles. The summed E-state index contributed by atoms with van der Waals surface area (Å²) < 4.78 is 5.36. The number of likely N-dealkylation sites (tertiary alicyclic amines) is 1. The van der Waals surface area contributed by atoms with E-state index in [0.717, 1.165) is 25.6 Å². The van der Waals surface area contributed by atoms with E-state index < -0.39 is 0 Å². The van der Waals surface area contributed by atoms with Crippen LogP contribution < -0.4 is 5.32 Å². The normalized spacial score (nSPS) is 28.1. The minimum Gasteiger partial charge on any atom is -0.444 e. The second kappa shape index (κ2) is 6.33. The molecule has 1 amide bonds. The van der Waals surface area contributed by atoms with Gasteiger partial charge < -0.3 is 15.0 Å². The summed E-state index contributed by atoms with van der Waals surface area (Å²) in [4.78, 5) is 13.6. The van der Waals surface area contributed by atoms with Gasteiger partial charge >= 0.3 is 6.09 Å². The first-order valence-corrected chi connectivity index (χ1v) is 8.05. The topological polar surface area (TPSA) is 41.6 Å². The van der Waals surface area contributed by atoms with E-state index in [-0.39, 0.29) is 11.7 Å². The molecule has 1 aliphatic heterocycles. The lowest BCUT2D eigenvalue weighted by Gasteiger charge is -2.40. The minimum atomic E-state index is -0.390. The Kier molecular flexibility index (Phi) is 4.95. The van der Waals surface area contributed by atoms with Crippen LogP contribution >= 0.6 is 0 Å². The van der Waals surface area contributed by atoms with Gasteiger partial charge in [-0.2, -0.15) is 0 Å². The Balaban J connectivity index is 1.59. The Morgan fingerprint density at radius 1 is 1.20 bits per heavy atom. The van der Waals surface area contributed by atoms with E-state index in [1.54, 1.807) is 4.90 Å². The Morgan fingerprint density at radius 3 is 2.35 bits per heavy atom. The number of carbonyl (C=O) groups is 1. The Labute approximate surface area is 123 Å². The van der Waals surface area contributed by atoms with Gasteiger partial charge in [-0.05, 0) is 52.4 Å². The van der Waals surface area contributed by atoms with Crippen LogP contribution in [-0.4, -0.2) is 42.3 Å². The first-order chi connectivity index (χ1) is 9.33. The maximum absolute atomic E-state index is 11.8. The lowest BCUT2D eigenvalue weighted by atomic mass is 9.87. The minimum absolute atomic E-state index is 0.166. The maximum Gasteiger partial charge on any atom is 0.410 e. The number of amides is 1. The molecule has 0 bridgehead atoms. The Morgan fingerprint density at radius 2 is 1.80 bits per heavy atom. The average Bonchev–Trinajstić information content (AvgIpc) is 2.27. The molecule has 0 atom stereocenters. The molecular formula is C16H30N2O2. The van der Waals surface area contributed by atoms with Crippen LogP contribution in [0.1, 0.15) is 53.4 Å². The third-order valence-electron chi connectivity index (χ3n) is 4.32. The molecule has 116 valence electrons. The van der Waals surface area contributed by atoms with Crippen molar-refractivity contribution in [1.82, 2.24) is 10.2 Å². The summed E-state index contributed by atoms with van der Waals surface area (Å²) in [5, 5.41) is 3.67. The van der Waals surface area contributed by atoms with Gasteiger partial charge in [0.1, 0.15) is 5.60 Å². The van der Waals surface area contributed by atoms with Gasteiger partial charge in [0.15, 0.2) is 0 Å². The highest BCUT2D eigenvalue weighted by molar-refractivity contribution is 5.69. The first-order valence-electron chi connectivity index (χ1n) is 8.05. The Hall–Kier alpha value is -0.770. The summed E-state index contributed by atoms with van der Waals surface area (Å²) in [6.07, 6.45) is 5.16. The molecule has 2 aliphatic rings. The number of hydrogen-bond donors (Lipinski definition) is 1. The van der Waals surface area contributed by atoms with Crippen molar-refractivity contribution in [3.05, 3.63) is 0 Å². The average molecular weight is 282 g/mol. The number of carbonyl (C=O) groups excluding carboxylic acids is 1. The highest BCUT2D eigenvalue weighted by atomic mass is 16.6. The molecule has 0 spiro atoms. The summed E-state index contributed by atoms with van der Waals surface area (Å²) in [5.41, 5.74) is -0.390. The third kappa shape index (κ3) is 4.65. The van der Waals surface area contributed by atoms with Gasteiger partial charge in [-0.1, -0.05) is 6.92 Å². The van der Waals surface area contributed by atoms with Gasteiger partial charge in [0.05, 0.1) is 0 Å². The lowest BCUT2D eigenvalue weighted by Crippen LogP contribution is -2.55. The van der Waals surface area contributed by atoms with E-state index in [4.69, 9.17) is 4.74 Å². The van der Waals surface area contributed by atoms with E-state index in [9.17, 15) is 4.79 Å². The fourth-order valence-corrected chi connectivity index (χ4v) is 2.97. The highest BCUT2D eigenvalue weighted by Gasteiger charge is 2.33. The molecule has 1 saturated heterocycles. The summed E-state index contributed by atoms with van der Waals surface area (Å²) in [5.74, 6) is 1.50. The van der Waals surface area contributed by atoms with Gasteiger partial charge in [-0.15, -0.1) is 0 Å². The van der Waals surface area contributed by atoms with E-state index >= 15 is 0 Å². The molecule has 1 heterocycles. The van der Waals surface area contributed by atoms with Gasteiger partial charge in [-0.3, -0.25) is 0 Å². The molecular weight excluding hydrogens is 252 g/mol. The maximum atomic E-state index is 11.8. The van der Waals surface area contributed by atoms with Crippen LogP contribution in [0.3, 0.4) is 0 Å². The smallest absolute Gasteiger partial charge is 0.410 e. The quantitative estimate of drug-likeness (QED) is 0.865. The van der Waals surface area contributed by atoms with Crippen LogP contribution in [0.4, 0.5) is 4.79 Å². The molecule has 4 nitrogen and oxygen atoms in total. The number of nitrogens with one attached hydrogen (secondary N) is 1. The summed E-state index contributed by atoms with van der Waals surface area (Å²) in [6.45, 7) is 10.8. The van der Waals surface area contributed by atoms with Gasteiger partial charge in [-0.25, -0.2) is 4.79 Å². The zero-order valence-electron chi connectivity index (χ0n) is 13.4. The number of ether oxygens (including phenoxy) is 1. The van der Waals surface area contributed by atoms with E-state index in [1.165, 1.54) is 25.7 Å². The largest absolute Gasteiger partial charge is 0.444 e. The van der Waals surface area contributed by atoms with Crippen molar-refractivity contribution >= 4 is 6.09 Å². The van der Waals surface area contributed by atoms with Gasteiger partial charge in [0, 0.05) is 31.6 Å². The van der Waals surface area contributed by atoms with Crippen molar-refractivity contribution in [3.8, 4) is 0 Å². The van der Waals surface area contributed by atoms with Crippen LogP contribution in [-0.2, 0) is 4.74 Å². The number of nitrogens with zero attached hydrogens (tertiary/aromatic N) is 1. The highest BCUT2D eigenvalue weighted by Crippen LogP contribution is 2.24. The van der Waals surface area contributed by atoms with Crippen molar-refractivity contribution in [2.75, 3.05) is 19.6 Å². The molecule has 1 aliphatic carbocycles. The van der Waals surface area contributed by atoms with Crippen molar-refractivity contribution in [1.29, 1.82) is 0 Å². The first kappa shape index (κ1) is 15.6. The Bertz CT molecular complexity index is 324. The molecule has 2 fully saturated rings. The second-order valence-corrected chi connectivity index (χ2v) is 7.62. The van der Waals surface area contributed by atoms with Crippen molar-refractivity contribution in [3.63, 3.8) is 0 Å². The van der Waals surface area contributed by atoms with Crippen LogP contribution in [0, 0.1) is 11.8 Å². The summed E-state index contributed by atoms with van der Waals surface area (Å²) in [7, 11) is 0. The molecule has 0 radical (unpaired) electrons. The number of rotatable bonds is 3. The monoisotopic (exact) mass is 282 g/mol. The van der Waals surface area contributed by atoms with E-state index in [0.29, 0.717) is 12.0 Å². The predicted molar refractivity (Wildman–Crippen MR) is 80.7 cm³/mol. The molecule has 0 aromatic rings. The molecule has 20 heavy (non-hydrogen) atoms. The predicted octanol–water partition coefficient (Wildman–Crippen LogP) is 3.02. The van der Waals surface area contributed by atoms with Crippen molar-refractivity contribution in [2.24, 2.45) is 11.8 Å². The van der Waals surface area contributed by atoms with Gasteiger partial charge in [0.2, 0.25) is 0 Å². The second-order valence-electron chi connectivity index (χ2n) is 7.62. The summed E-state index contributed by atoms with van der Waals surface area (Å²) in [6, 6.07) is 0.696. The number of hydrogen-bond acceptors (Lipinski definition) is 3. The molecule has 1 saturated carbocycles. The van der Waals surface area contributed by atoms with Crippen LogP contribution in [0.5, 0.6) is 0 Å². The molecule has 0 unspecified atom stereocenters. The van der Waals surface area contributed by atoms with Gasteiger partial charge in [0.25, 0.3) is 0 Å². The molecule has 2 rings (SSSR count). The fraction of sp³-hybridized carbons (Fsp3) is 0.938. The zero-order chi connectivity index (χ0) is 14.8. The molecule has 4 heteroatoms. The van der Waals surface area contributed by atoms with Crippen LogP contribution in [0.25, 0.3) is 0 Å². The van der Waals surface area contributed by atoms with E-state index in [1.807, 2.05) is 20.8 Å². The van der Waals surface area contributed by atoms with Crippen molar-refractivity contribution in [2.45, 2.75) is 65.0 Å². The zero-order valence-corrected chi connectivity index (χ0v) is 13.4. The SMILES string of the molecule is CC1CCC(NCC2CN(C(=O)OC(C)(C)C)C2)CC1. The standard InChI is InChI=1S/C16H30N2O2/c1-12-5-7-14(8-6-12)17-9-13-10-18(11-13)15(19)20-16(2,3)4/h12-14,17H,5-11H2,1-4H3. The molecule has 0 aromatic heterocycles. The third-order valence-corrected chi connectivity index (χ3v) is 4.32. The lowest BCUT2D eigenvalue weighted by molar-refractivity contribution is -0.00126. The fourth-order valence-electron chi connectivity index (χ4n) is 2.97. The van der Waals surface area contributed by atoms with Crippen LogP contribution in [0.2, 0.25) is 0 Å². The van der Waals surface area contributed by atoms with Crippen LogP contribution in [0.15, 0.2) is 0 Å².